The molecule has 1 aliphatic carbocycles. The third kappa shape index (κ3) is 3.00. The number of hydrogen-bond donors (Lipinski definition) is 0. The minimum absolute atomic E-state index is 0.117. The minimum Gasteiger partial charge on any atom is -0.393 e. The first-order valence-corrected chi connectivity index (χ1v) is 12.2. The quantitative estimate of drug-likeness (QED) is 0.494. The topological polar surface area (TPSA) is 42.1 Å². The third-order valence-corrected chi connectivity index (χ3v) is 8.00. The van der Waals surface area contributed by atoms with Crippen molar-refractivity contribution in [3.63, 3.8) is 0 Å². The molecule has 3 heterocycles. The summed E-state index contributed by atoms with van der Waals surface area (Å²) in [5.74, 6) is -0.446. The number of allylic oxidation sites excluding steroid dienone is 5. The number of benzene rings is 1. The van der Waals surface area contributed by atoms with Crippen molar-refractivity contribution in [1.29, 1.82) is 0 Å². The van der Waals surface area contributed by atoms with Crippen LogP contribution in [0, 0.1) is 13.8 Å². The molecule has 0 atom stereocenters. The lowest BCUT2D eigenvalue weighted by atomic mass is 9.81. The van der Waals surface area contributed by atoms with Gasteiger partial charge in [-0.25, -0.2) is 0 Å². The summed E-state index contributed by atoms with van der Waals surface area (Å²) in [5, 5.41) is 0. The van der Waals surface area contributed by atoms with Gasteiger partial charge >= 0.3 is 6.97 Å². The monoisotopic (exact) mass is 474 g/mol. The van der Waals surface area contributed by atoms with Crippen LogP contribution in [0.25, 0.3) is 5.57 Å². The first-order valence-electron chi connectivity index (χ1n) is 12.2. The third-order valence-electron chi connectivity index (χ3n) is 8.00. The molecule has 0 unspecified atom stereocenters. The maximum absolute atomic E-state index is 16.3. The number of hydrogen-bond acceptors (Lipinski definition) is 2. The molecule has 1 aromatic carbocycles. The van der Waals surface area contributed by atoms with Gasteiger partial charge < -0.3 is 17.6 Å². The molecule has 2 aromatic rings. The van der Waals surface area contributed by atoms with E-state index in [0.29, 0.717) is 57.9 Å². The summed E-state index contributed by atoms with van der Waals surface area (Å²) in [6.45, 7) is 7.12. The first-order chi connectivity index (χ1) is 16.6. The highest BCUT2D eigenvalue weighted by atomic mass is 19.2. The summed E-state index contributed by atoms with van der Waals surface area (Å²) >= 11 is 0. The van der Waals surface area contributed by atoms with Crippen LogP contribution >= 0.6 is 0 Å². The molecule has 0 spiro atoms. The molecule has 0 bridgehead atoms. The fourth-order valence-electron chi connectivity index (χ4n) is 6.47. The van der Waals surface area contributed by atoms with Gasteiger partial charge in [-0.2, -0.15) is 0 Å². The van der Waals surface area contributed by atoms with Gasteiger partial charge in [-0.3, -0.25) is 9.59 Å². The summed E-state index contributed by atoms with van der Waals surface area (Å²) in [6.07, 6.45) is 2.78. The van der Waals surface area contributed by atoms with E-state index in [4.69, 9.17) is 0 Å². The number of rotatable bonds is 4. The van der Waals surface area contributed by atoms with E-state index in [1.807, 2.05) is 27.7 Å². The van der Waals surface area contributed by atoms with Crippen LogP contribution in [0.5, 0.6) is 0 Å². The minimum atomic E-state index is -4.12. The Bertz CT molecular complexity index is 1480. The Hall–Kier alpha value is -3.35. The van der Waals surface area contributed by atoms with Crippen molar-refractivity contribution in [3.05, 3.63) is 86.4 Å². The zero-order valence-corrected chi connectivity index (χ0v) is 21.1. The Morgan fingerprint density at radius 3 is 2.23 bits per heavy atom. The van der Waals surface area contributed by atoms with E-state index in [2.05, 4.69) is 0 Å². The molecule has 180 valence electrons. The molecule has 0 fully saturated rings. The molecule has 5 rings (SSSR count). The highest BCUT2D eigenvalue weighted by molar-refractivity contribution is 6.58. The van der Waals surface area contributed by atoms with E-state index >= 15 is 8.63 Å². The number of ketones is 2. The van der Waals surface area contributed by atoms with Crippen LogP contribution in [0.15, 0.2) is 52.8 Å². The number of fused-ring (bicyclic) bond motifs is 3. The van der Waals surface area contributed by atoms with Gasteiger partial charge in [0.25, 0.3) is 0 Å². The van der Waals surface area contributed by atoms with Crippen LogP contribution in [-0.4, -0.2) is 33.2 Å². The second-order valence-electron chi connectivity index (χ2n) is 9.67. The highest BCUT2D eigenvalue weighted by Crippen LogP contribution is 2.47. The fourth-order valence-corrected chi connectivity index (χ4v) is 6.47. The molecule has 0 amide bonds. The molecule has 0 saturated heterocycles. The van der Waals surface area contributed by atoms with Gasteiger partial charge in [0.2, 0.25) is 0 Å². The normalized spacial score (nSPS) is 18.8. The molecule has 0 saturated carbocycles. The molecule has 4 nitrogen and oxygen atoms in total. The van der Waals surface area contributed by atoms with Crippen molar-refractivity contribution < 1.29 is 22.7 Å². The van der Waals surface area contributed by atoms with E-state index < -0.39 is 6.97 Å². The molecular weight excluding hydrogens is 445 g/mol. The van der Waals surface area contributed by atoms with E-state index in [0.717, 1.165) is 22.3 Å². The fraction of sp³-hybridized carbons (Fsp3) is 0.321. The van der Waals surface area contributed by atoms with Crippen LogP contribution < -0.4 is 0 Å². The summed E-state index contributed by atoms with van der Waals surface area (Å²) in [5.41, 5.74) is 7.32. The van der Waals surface area contributed by atoms with Crippen molar-refractivity contribution in [1.82, 2.24) is 4.48 Å². The van der Waals surface area contributed by atoms with Gasteiger partial charge in [-0.15, -0.1) is 0 Å². The lowest BCUT2D eigenvalue weighted by molar-refractivity contribution is -0.364. The first kappa shape index (κ1) is 23.4. The van der Waals surface area contributed by atoms with E-state index in [9.17, 15) is 9.59 Å². The maximum atomic E-state index is 16.3. The average Bonchev–Trinajstić information content (AvgIpc) is 3.24. The second kappa shape index (κ2) is 7.84. The SMILES string of the molecule is CCC1=C(C)C2=C(CC3=CC(=O)c4ccccc4C3=O)c3c(C)c(CC)c(C)n3[B-](F)(F)[N+]2=C1C. The molecule has 0 radical (unpaired) electrons. The predicted octanol–water partition coefficient (Wildman–Crippen LogP) is 6.22. The van der Waals surface area contributed by atoms with Gasteiger partial charge in [0.1, 0.15) is 5.71 Å². The summed E-state index contributed by atoms with van der Waals surface area (Å²) in [4.78, 5) is 26.3. The van der Waals surface area contributed by atoms with Crippen molar-refractivity contribution >= 4 is 29.8 Å². The Kier molecular flexibility index (Phi) is 5.24. The van der Waals surface area contributed by atoms with Gasteiger partial charge in [0, 0.05) is 52.5 Å². The van der Waals surface area contributed by atoms with Crippen LogP contribution in [0.3, 0.4) is 0 Å². The largest absolute Gasteiger partial charge is 0.737 e. The Morgan fingerprint density at radius 2 is 1.60 bits per heavy atom. The molecule has 35 heavy (non-hydrogen) atoms. The smallest absolute Gasteiger partial charge is 0.393 e. The summed E-state index contributed by atoms with van der Waals surface area (Å²) in [6, 6.07) is 6.78. The Morgan fingerprint density at radius 1 is 0.943 bits per heavy atom. The number of aromatic nitrogens is 1. The van der Waals surface area contributed by atoms with E-state index in [1.54, 1.807) is 38.1 Å². The van der Waals surface area contributed by atoms with Crippen molar-refractivity contribution in [3.8, 4) is 0 Å². The van der Waals surface area contributed by atoms with Gasteiger partial charge in [-0.1, -0.05) is 38.1 Å². The zero-order valence-electron chi connectivity index (χ0n) is 21.1. The molecule has 7 heteroatoms. The number of halogens is 2. The van der Waals surface area contributed by atoms with E-state index in [1.165, 1.54) is 15.0 Å². The number of carbonyl (C=O) groups is 2. The number of Topliss-reactive ketones (excluding diaryl/α,β-unsaturated/α-hetero) is 1. The van der Waals surface area contributed by atoms with Crippen LogP contribution in [-0.2, 0) is 6.42 Å². The molecule has 3 aliphatic rings. The number of nitrogens with zero attached hydrogens (tertiary/aromatic N) is 2. The van der Waals surface area contributed by atoms with E-state index in [-0.39, 0.29) is 18.0 Å². The highest BCUT2D eigenvalue weighted by Gasteiger charge is 2.56. The zero-order chi connectivity index (χ0) is 25.4. The van der Waals surface area contributed by atoms with Crippen molar-refractivity contribution in [2.45, 2.75) is 60.8 Å². The van der Waals surface area contributed by atoms with Gasteiger partial charge in [0.05, 0.1) is 0 Å². The lowest BCUT2D eigenvalue weighted by Crippen LogP contribution is -2.51. The Balaban J connectivity index is 1.80. The lowest BCUT2D eigenvalue weighted by Gasteiger charge is -2.34. The van der Waals surface area contributed by atoms with Crippen molar-refractivity contribution in [2.75, 3.05) is 0 Å². The van der Waals surface area contributed by atoms with Crippen LogP contribution in [0.4, 0.5) is 8.63 Å². The average molecular weight is 474 g/mol. The van der Waals surface area contributed by atoms with Gasteiger partial charge in [-0.05, 0) is 56.5 Å². The maximum Gasteiger partial charge on any atom is 0.737 e. The van der Waals surface area contributed by atoms with Gasteiger partial charge in [0.15, 0.2) is 17.3 Å². The summed E-state index contributed by atoms with van der Waals surface area (Å²) in [7, 11) is 0. The second-order valence-corrected chi connectivity index (χ2v) is 9.67. The summed E-state index contributed by atoms with van der Waals surface area (Å²) < 4.78 is 35.0. The van der Waals surface area contributed by atoms with Crippen LogP contribution in [0.2, 0.25) is 0 Å². The van der Waals surface area contributed by atoms with Crippen LogP contribution in [0.1, 0.15) is 83.8 Å². The standard InChI is InChI=1S/C28H29BF2N2O2/c1-7-20-15(3)26-24(13-19-14-25(34)22-11-9-10-12-23(22)28(19)35)27-16(4)21(8-2)18(6)33(27)29(30,31)32(26)17(20)5/h9-12,14H,7-8,13H2,1-6H3. The molecule has 1 aromatic heterocycles. The molecular formula is C28H29BF2N2O2. The molecule has 2 aliphatic heterocycles. The molecule has 0 N–H and O–H groups in total. The predicted molar refractivity (Wildman–Crippen MR) is 135 cm³/mol. The van der Waals surface area contributed by atoms with Crippen molar-refractivity contribution in [2.24, 2.45) is 0 Å². The Labute approximate surface area is 204 Å². The number of carbonyl (C=O) groups excluding carboxylic acids is 2.